The maximum absolute atomic E-state index is 4.48. The average molecular weight is 275 g/mol. The summed E-state index contributed by atoms with van der Waals surface area (Å²) in [7, 11) is 2.15. The summed E-state index contributed by atoms with van der Waals surface area (Å²) in [6.07, 6.45) is 5.71. The highest BCUT2D eigenvalue weighted by atomic mass is 32.1. The first kappa shape index (κ1) is 14.2. The van der Waals surface area contributed by atoms with E-state index >= 15 is 0 Å². The van der Waals surface area contributed by atoms with E-state index in [0.717, 1.165) is 6.54 Å². The summed E-state index contributed by atoms with van der Waals surface area (Å²) in [6, 6.07) is 4.54. The lowest BCUT2D eigenvalue weighted by Crippen LogP contribution is -2.21. The fraction of sp³-hybridized carbons (Fsp3) is 0.467. The fourth-order valence-corrected chi connectivity index (χ4v) is 2.93. The van der Waals surface area contributed by atoms with Crippen molar-refractivity contribution < 1.29 is 0 Å². The molecule has 0 amide bonds. The van der Waals surface area contributed by atoms with Gasteiger partial charge in [0.05, 0.1) is 5.01 Å². The third-order valence-electron chi connectivity index (χ3n) is 3.32. The second-order valence-electron chi connectivity index (χ2n) is 5.19. The van der Waals surface area contributed by atoms with Crippen molar-refractivity contribution in [2.24, 2.45) is 0 Å². The second-order valence-corrected chi connectivity index (χ2v) is 6.34. The molecule has 2 aromatic rings. The first-order valence-electron chi connectivity index (χ1n) is 6.62. The van der Waals surface area contributed by atoms with E-state index in [4.69, 9.17) is 0 Å². The van der Waals surface area contributed by atoms with E-state index in [1.54, 1.807) is 0 Å². The van der Waals surface area contributed by atoms with Crippen molar-refractivity contribution in [3.05, 3.63) is 46.2 Å². The molecule has 0 unspecified atom stereocenters. The summed E-state index contributed by atoms with van der Waals surface area (Å²) in [4.78, 5) is 12.2. The van der Waals surface area contributed by atoms with Gasteiger partial charge in [-0.2, -0.15) is 0 Å². The van der Waals surface area contributed by atoms with Crippen molar-refractivity contribution in [2.45, 2.75) is 39.3 Å². The topological polar surface area (TPSA) is 29.0 Å². The van der Waals surface area contributed by atoms with Gasteiger partial charge >= 0.3 is 0 Å². The van der Waals surface area contributed by atoms with E-state index in [9.17, 15) is 0 Å². The van der Waals surface area contributed by atoms with Crippen LogP contribution in [0.3, 0.4) is 0 Å². The molecule has 0 saturated carbocycles. The van der Waals surface area contributed by atoms with Crippen molar-refractivity contribution in [1.82, 2.24) is 14.9 Å². The highest BCUT2D eigenvalue weighted by molar-refractivity contribution is 7.11. The van der Waals surface area contributed by atoms with Gasteiger partial charge < -0.3 is 0 Å². The van der Waals surface area contributed by atoms with E-state index in [2.05, 4.69) is 54.8 Å². The minimum atomic E-state index is 0.382. The Morgan fingerprint density at radius 3 is 2.47 bits per heavy atom. The third-order valence-corrected chi connectivity index (χ3v) is 4.60. The van der Waals surface area contributed by atoms with Crippen LogP contribution in [0.4, 0.5) is 0 Å². The van der Waals surface area contributed by atoms with Crippen LogP contribution in [-0.2, 0) is 6.54 Å². The molecule has 0 N–H and O–H groups in total. The van der Waals surface area contributed by atoms with E-state index in [0.29, 0.717) is 12.0 Å². The molecular weight excluding hydrogens is 254 g/mol. The molecule has 2 rings (SSSR count). The normalized spacial score (nSPS) is 13.2. The van der Waals surface area contributed by atoms with Gasteiger partial charge in [0.15, 0.2) is 0 Å². The number of hydrogen-bond donors (Lipinski definition) is 0. The van der Waals surface area contributed by atoms with Crippen LogP contribution < -0.4 is 0 Å². The third kappa shape index (κ3) is 3.61. The van der Waals surface area contributed by atoms with Crippen LogP contribution in [0, 0.1) is 0 Å². The van der Waals surface area contributed by atoms with Gasteiger partial charge in [0, 0.05) is 42.0 Å². The summed E-state index contributed by atoms with van der Waals surface area (Å²) in [6.45, 7) is 7.53. The van der Waals surface area contributed by atoms with E-state index in [-0.39, 0.29) is 0 Å². The van der Waals surface area contributed by atoms with Crippen LogP contribution in [0.1, 0.15) is 48.2 Å². The zero-order chi connectivity index (χ0) is 13.8. The summed E-state index contributed by atoms with van der Waals surface area (Å²) in [5.41, 5.74) is 1.30. The zero-order valence-electron chi connectivity index (χ0n) is 12.0. The minimum Gasteiger partial charge on any atom is -0.295 e. The first-order chi connectivity index (χ1) is 9.08. The molecule has 0 radical (unpaired) electrons. The molecule has 0 aliphatic rings. The summed E-state index contributed by atoms with van der Waals surface area (Å²) in [5, 5.41) is 1.22. The van der Waals surface area contributed by atoms with Crippen molar-refractivity contribution in [1.29, 1.82) is 0 Å². The van der Waals surface area contributed by atoms with Crippen molar-refractivity contribution in [3.8, 4) is 0 Å². The molecule has 2 heterocycles. The van der Waals surface area contributed by atoms with Crippen LogP contribution >= 0.6 is 11.3 Å². The van der Waals surface area contributed by atoms with E-state index < -0.39 is 0 Å². The molecule has 19 heavy (non-hydrogen) atoms. The highest BCUT2D eigenvalue weighted by Crippen LogP contribution is 2.25. The smallest absolute Gasteiger partial charge is 0.0953 e. The number of rotatable bonds is 5. The Labute approximate surface area is 119 Å². The van der Waals surface area contributed by atoms with Crippen LogP contribution in [-0.4, -0.2) is 21.9 Å². The molecule has 0 saturated heterocycles. The highest BCUT2D eigenvalue weighted by Gasteiger charge is 2.13. The van der Waals surface area contributed by atoms with Gasteiger partial charge in [-0.1, -0.05) is 13.8 Å². The van der Waals surface area contributed by atoms with Gasteiger partial charge in [-0.25, -0.2) is 4.98 Å². The number of nitrogens with zero attached hydrogens (tertiary/aromatic N) is 3. The molecule has 0 spiro atoms. The van der Waals surface area contributed by atoms with Gasteiger partial charge in [-0.3, -0.25) is 9.88 Å². The Morgan fingerprint density at radius 2 is 1.89 bits per heavy atom. The summed E-state index contributed by atoms with van der Waals surface area (Å²) < 4.78 is 0. The fourth-order valence-electron chi connectivity index (χ4n) is 1.94. The second kappa shape index (κ2) is 6.26. The standard InChI is InChI=1S/C15H21N3S/c1-11(2)15-17-9-14(19-15)10-18(4)12(3)13-5-7-16-8-6-13/h5-9,11-12H,10H2,1-4H3/t12-/m0/s1. The largest absolute Gasteiger partial charge is 0.295 e. The van der Waals surface area contributed by atoms with Crippen LogP contribution in [0.5, 0.6) is 0 Å². The van der Waals surface area contributed by atoms with E-state index in [1.807, 2.05) is 29.9 Å². The molecule has 1 atom stereocenters. The molecule has 0 aliphatic heterocycles. The number of aromatic nitrogens is 2. The van der Waals surface area contributed by atoms with Gasteiger partial charge in [0.25, 0.3) is 0 Å². The van der Waals surface area contributed by atoms with Crippen molar-refractivity contribution in [2.75, 3.05) is 7.05 Å². The number of thiazole rings is 1. The zero-order valence-corrected chi connectivity index (χ0v) is 12.8. The molecule has 0 fully saturated rings. The molecule has 102 valence electrons. The Morgan fingerprint density at radius 1 is 1.21 bits per heavy atom. The lowest BCUT2D eigenvalue weighted by atomic mass is 10.1. The Hall–Kier alpha value is -1.26. The maximum Gasteiger partial charge on any atom is 0.0953 e. The summed E-state index contributed by atoms with van der Waals surface area (Å²) in [5.74, 6) is 0.515. The van der Waals surface area contributed by atoms with Crippen molar-refractivity contribution >= 4 is 11.3 Å². The van der Waals surface area contributed by atoms with Gasteiger partial charge in [0.1, 0.15) is 0 Å². The summed E-state index contributed by atoms with van der Waals surface area (Å²) >= 11 is 1.82. The van der Waals surface area contributed by atoms with E-state index in [1.165, 1.54) is 15.4 Å². The maximum atomic E-state index is 4.48. The molecule has 4 heteroatoms. The first-order valence-corrected chi connectivity index (χ1v) is 7.44. The quantitative estimate of drug-likeness (QED) is 0.830. The molecular formula is C15H21N3S. The Kier molecular flexibility index (Phi) is 4.66. The van der Waals surface area contributed by atoms with Gasteiger partial charge in [0.2, 0.25) is 0 Å². The predicted octanol–water partition coefficient (Wildman–Crippen LogP) is 3.85. The minimum absolute atomic E-state index is 0.382. The van der Waals surface area contributed by atoms with Crippen LogP contribution in [0.2, 0.25) is 0 Å². The van der Waals surface area contributed by atoms with Crippen molar-refractivity contribution in [3.63, 3.8) is 0 Å². The SMILES string of the molecule is CC(C)c1ncc(CN(C)[C@@H](C)c2ccncc2)s1. The Balaban J connectivity index is 2.02. The predicted molar refractivity (Wildman–Crippen MR) is 80.3 cm³/mol. The molecule has 0 aromatic carbocycles. The van der Waals surface area contributed by atoms with Crippen LogP contribution in [0.25, 0.3) is 0 Å². The lowest BCUT2D eigenvalue weighted by Gasteiger charge is -2.24. The monoisotopic (exact) mass is 275 g/mol. The van der Waals surface area contributed by atoms with Crippen LogP contribution in [0.15, 0.2) is 30.7 Å². The Bertz CT molecular complexity index is 507. The molecule has 0 bridgehead atoms. The average Bonchev–Trinajstić information content (AvgIpc) is 2.87. The van der Waals surface area contributed by atoms with Gasteiger partial charge in [-0.15, -0.1) is 11.3 Å². The van der Waals surface area contributed by atoms with Gasteiger partial charge in [-0.05, 0) is 31.7 Å². The molecule has 0 aliphatic carbocycles. The lowest BCUT2D eigenvalue weighted by molar-refractivity contribution is 0.255. The molecule has 3 nitrogen and oxygen atoms in total. The number of hydrogen-bond acceptors (Lipinski definition) is 4. The molecule has 2 aromatic heterocycles. The number of pyridine rings is 1.